The molecule has 0 aromatic carbocycles. The van der Waals surface area contributed by atoms with Gasteiger partial charge in [-0.1, -0.05) is 27.7 Å². The molecule has 4 rings (SSSR count). The lowest BCUT2D eigenvalue weighted by atomic mass is 9.44. The van der Waals surface area contributed by atoms with Crippen molar-refractivity contribution in [2.24, 2.45) is 58.5 Å². The zero-order chi connectivity index (χ0) is 27.1. The monoisotopic (exact) mass is 517 g/mol. The summed E-state index contributed by atoms with van der Waals surface area (Å²) >= 11 is 0. The smallest absolute Gasteiger partial charge is 0.152 e. The van der Waals surface area contributed by atoms with Crippen molar-refractivity contribution in [3.05, 3.63) is 0 Å². The summed E-state index contributed by atoms with van der Waals surface area (Å²) in [5, 5.41) is 89.0. The molecule has 0 aromatic heterocycles. The molecule has 0 aromatic rings. The molecule has 17 atom stereocenters. The van der Waals surface area contributed by atoms with E-state index in [1.807, 2.05) is 6.92 Å². The maximum absolute atomic E-state index is 11.9. The number of ether oxygens (including phenoxy) is 1. The molecule has 10 nitrogen and oxygen atoms in total. The molecular formula is C26H47NO9. The van der Waals surface area contributed by atoms with E-state index in [9.17, 15) is 40.9 Å². The largest absolute Gasteiger partial charge is 0.393 e. The molecule has 10 heteroatoms. The highest BCUT2D eigenvalue weighted by Crippen LogP contribution is 2.61. The highest BCUT2D eigenvalue weighted by molar-refractivity contribution is 5.20. The molecule has 4 aliphatic carbocycles. The molecule has 0 amide bonds. The van der Waals surface area contributed by atoms with Crippen LogP contribution >= 0.6 is 0 Å². The number of hydrogen-bond acceptors (Lipinski definition) is 10. The predicted molar refractivity (Wildman–Crippen MR) is 129 cm³/mol. The third kappa shape index (κ3) is 4.16. The molecule has 0 radical (unpaired) electrons. The van der Waals surface area contributed by atoms with Gasteiger partial charge in [0.05, 0.1) is 42.5 Å². The topological polar surface area (TPSA) is 197 Å². The Morgan fingerprint density at radius 3 is 2.06 bits per heavy atom. The van der Waals surface area contributed by atoms with E-state index in [0.29, 0.717) is 0 Å². The first-order valence-electron chi connectivity index (χ1n) is 13.4. The quantitative estimate of drug-likeness (QED) is 0.204. The first kappa shape index (κ1) is 28.6. The average Bonchev–Trinajstić information content (AvgIpc) is 2.74. The molecule has 210 valence electrons. The van der Waals surface area contributed by atoms with Gasteiger partial charge in [-0.15, -0.1) is 0 Å². The third-order valence-electron chi connectivity index (χ3n) is 10.5. The van der Waals surface area contributed by atoms with Crippen LogP contribution in [-0.2, 0) is 4.74 Å². The summed E-state index contributed by atoms with van der Waals surface area (Å²) in [4.78, 5) is 0. The maximum Gasteiger partial charge on any atom is 0.152 e. The summed E-state index contributed by atoms with van der Waals surface area (Å²) in [6.07, 6.45) is -9.18. The number of fused-ring (bicyclic) bond motifs is 3. The van der Waals surface area contributed by atoms with Crippen molar-refractivity contribution in [2.45, 2.75) is 109 Å². The molecule has 4 saturated carbocycles. The van der Waals surface area contributed by atoms with Gasteiger partial charge >= 0.3 is 0 Å². The van der Waals surface area contributed by atoms with Crippen molar-refractivity contribution < 1.29 is 45.6 Å². The lowest BCUT2D eigenvalue weighted by molar-refractivity contribution is -0.340. The van der Waals surface area contributed by atoms with Crippen molar-refractivity contribution in [1.29, 1.82) is 0 Å². The Morgan fingerprint density at radius 1 is 0.917 bits per heavy atom. The molecule has 10 N–H and O–H groups in total. The van der Waals surface area contributed by atoms with Gasteiger partial charge in [0.15, 0.2) is 6.29 Å². The number of hydrogen-bond donors (Lipinski definition) is 9. The van der Waals surface area contributed by atoms with Crippen LogP contribution < -0.4 is 5.73 Å². The Labute approximate surface area is 213 Å². The molecule has 12 unspecified atom stereocenters. The van der Waals surface area contributed by atoms with E-state index in [1.54, 1.807) is 0 Å². The summed E-state index contributed by atoms with van der Waals surface area (Å²) in [5.74, 6) is -4.69. The Kier molecular flexibility index (Phi) is 7.67. The fourth-order valence-corrected chi connectivity index (χ4v) is 8.85. The van der Waals surface area contributed by atoms with Crippen LogP contribution in [-0.4, -0.2) is 95.6 Å². The first-order chi connectivity index (χ1) is 16.5. The number of aliphatic hydroxyl groups is 8. The minimum atomic E-state index is -2.28. The van der Waals surface area contributed by atoms with Crippen molar-refractivity contribution in [2.75, 3.05) is 0 Å². The van der Waals surface area contributed by atoms with Crippen LogP contribution in [0.25, 0.3) is 0 Å². The van der Waals surface area contributed by atoms with Gasteiger partial charge in [0.2, 0.25) is 0 Å². The van der Waals surface area contributed by atoms with E-state index >= 15 is 0 Å². The van der Waals surface area contributed by atoms with Crippen molar-refractivity contribution in [3.63, 3.8) is 0 Å². The van der Waals surface area contributed by atoms with Crippen molar-refractivity contribution in [3.8, 4) is 0 Å². The second kappa shape index (κ2) is 9.66. The minimum absolute atomic E-state index is 0.0644. The second-order valence-electron chi connectivity index (χ2n) is 13.2. The second-order valence-corrected chi connectivity index (χ2v) is 13.2. The van der Waals surface area contributed by atoms with E-state index < -0.39 is 84.3 Å². The Morgan fingerprint density at radius 2 is 1.53 bits per heavy atom. The van der Waals surface area contributed by atoms with Crippen molar-refractivity contribution in [1.82, 2.24) is 0 Å². The fourth-order valence-electron chi connectivity index (χ4n) is 8.85. The fraction of sp³-hybridized carbons (Fsp3) is 1.00. The van der Waals surface area contributed by atoms with Crippen LogP contribution in [0.1, 0.15) is 53.9 Å². The SMILES string of the molecule is CC(O)O[C@H]1[C@H]2C(C(O)C3C(O)C(C(C)(C)C)CCC3[C@@H]2C)C(O)[C@]2(O)C(O)C(C(N)O)C(O)C[C@H]12. The first-order valence-corrected chi connectivity index (χ1v) is 13.4. The molecule has 36 heavy (non-hydrogen) atoms. The summed E-state index contributed by atoms with van der Waals surface area (Å²) < 4.78 is 5.93. The maximum atomic E-state index is 11.9. The van der Waals surface area contributed by atoms with Crippen molar-refractivity contribution >= 4 is 0 Å². The molecule has 0 aliphatic heterocycles. The van der Waals surface area contributed by atoms with Gasteiger partial charge < -0.3 is 51.3 Å². The molecular weight excluding hydrogens is 470 g/mol. The van der Waals surface area contributed by atoms with Gasteiger partial charge in [0, 0.05) is 17.8 Å². The van der Waals surface area contributed by atoms with Crippen LogP contribution in [0.4, 0.5) is 0 Å². The van der Waals surface area contributed by atoms with Crippen LogP contribution in [0, 0.1) is 52.8 Å². The molecule has 4 fully saturated rings. The molecule has 0 spiro atoms. The lowest BCUT2D eigenvalue weighted by Gasteiger charge is -2.66. The van der Waals surface area contributed by atoms with E-state index in [-0.39, 0.29) is 29.6 Å². The Hall–Kier alpha value is -0.400. The summed E-state index contributed by atoms with van der Waals surface area (Å²) in [6.45, 7) is 9.58. The minimum Gasteiger partial charge on any atom is -0.393 e. The highest BCUT2D eigenvalue weighted by Gasteiger charge is 2.71. The van der Waals surface area contributed by atoms with E-state index in [1.165, 1.54) is 6.92 Å². The summed E-state index contributed by atoms with van der Waals surface area (Å²) in [7, 11) is 0. The molecule has 0 heterocycles. The van der Waals surface area contributed by atoms with Gasteiger partial charge in [-0.2, -0.15) is 0 Å². The number of rotatable bonds is 3. The van der Waals surface area contributed by atoms with E-state index in [4.69, 9.17) is 10.5 Å². The summed E-state index contributed by atoms with van der Waals surface area (Å²) in [5.41, 5.74) is 3.15. The predicted octanol–water partition coefficient (Wildman–Crippen LogP) is -1.26. The number of aliphatic hydroxyl groups excluding tert-OH is 7. The van der Waals surface area contributed by atoms with E-state index in [0.717, 1.165) is 12.8 Å². The van der Waals surface area contributed by atoms with Gasteiger partial charge in [-0.05, 0) is 55.3 Å². The number of nitrogens with two attached hydrogens (primary N) is 1. The van der Waals surface area contributed by atoms with Crippen LogP contribution in [0.5, 0.6) is 0 Å². The lowest BCUT2D eigenvalue weighted by Crippen LogP contribution is -2.78. The Balaban J connectivity index is 1.80. The van der Waals surface area contributed by atoms with Gasteiger partial charge in [0.1, 0.15) is 11.8 Å². The standard InChI is InChI=1S/C26H47NO9/c1-9-11-6-7-12(25(3,4)5)19(30)16(11)20(31)18-15(9)21(36-10(2)28)13-8-14(29)17(24(27)34)22(32)26(13,35)23(18)33/h9-24,28-35H,6-8,27H2,1-5H3/t9-,10?,11?,12?,13+,14?,15+,16?,17?,18?,19?,20?,21+,22?,23?,24?,26+/m0/s1. The zero-order valence-corrected chi connectivity index (χ0v) is 21.9. The van der Waals surface area contributed by atoms with Gasteiger partial charge in [-0.25, -0.2) is 0 Å². The normalized spacial score (nSPS) is 55.2. The average molecular weight is 518 g/mol. The third-order valence-corrected chi connectivity index (χ3v) is 10.5. The zero-order valence-electron chi connectivity index (χ0n) is 21.9. The van der Waals surface area contributed by atoms with Gasteiger partial charge in [-0.3, -0.25) is 0 Å². The van der Waals surface area contributed by atoms with Gasteiger partial charge in [0.25, 0.3) is 0 Å². The highest BCUT2D eigenvalue weighted by atomic mass is 16.6. The molecule has 0 saturated heterocycles. The van der Waals surface area contributed by atoms with E-state index in [2.05, 4.69) is 20.8 Å². The molecule has 0 bridgehead atoms. The summed E-state index contributed by atoms with van der Waals surface area (Å²) in [6, 6.07) is 0. The Bertz CT molecular complexity index is 790. The van der Waals surface area contributed by atoms with Crippen LogP contribution in [0.15, 0.2) is 0 Å². The molecule has 4 aliphatic rings. The van der Waals surface area contributed by atoms with Crippen LogP contribution in [0.2, 0.25) is 0 Å². The van der Waals surface area contributed by atoms with Crippen LogP contribution in [0.3, 0.4) is 0 Å².